The van der Waals surface area contributed by atoms with Gasteiger partial charge in [-0.25, -0.2) is 0 Å². The van der Waals surface area contributed by atoms with Crippen LogP contribution >= 0.6 is 0 Å². The molecule has 21 heavy (non-hydrogen) atoms. The molecule has 2 atom stereocenters. The number of carbonyl (C=O) groups excluding carboxylic acids is 1. The Labute approximate surface area is 125 Å². The molecule has 3 nitrogen and oxygen atoms in total. The average Bonchev–Trinajstić information content (AvgIpc) is 2.49. The van der Waals surface area contributed by atoms with E-state index >= 15 is 0 Å². The summed E-state index contributed by atoms with van der Waals surface area (Å²) in [5.41, 5.74) is 2.10. The van der Waals surface area contributed by atoms with Crippen molar-refractivity contribution in [1.29, 1.82) is 0 Å². The number of hydrogen-bond donors (Lipinski definition) is 0. The minimum atomic E-state index is -0.516. The second-order valence-corrected chi connectivity index (χ2v) is 5.27. The van der Waals surface area contributed by atoms with E-state index in [4.69, 9.17) is 4.74 Å². The summed E-state index contributed by atoms with van der Waals surface area (Å²) in [7, 11) is 1.59. The maximum atomic E-state index is 12.7. The summed E-state index contributed by atoms with van der Waals surface area (Å²) in [5, 5.41) is 0. The zero-order valence-corrected chi connectivity index (χ0v) is 12.1. The van der Waals surface area contributed by atoms with E-state index in [0.29, 0.717) is 0 Å². The highest BCUT2D eigenvalue weighted by Crippen LogP contribution is 2.36. The molecule has 3 rings (SSSR count). The van der Waals surface area contributed by atoms with Crippen LogP contribution in [-0.2, 0) is 9.53 Å². The highest BCUT2D eigenvalue weighted by molar-refractivity contribution is 5.83. The Morgan fingerprint density at radius 2 is 1.71 bits per heavy atom. The molecule has 0 N–H and O–H groups in total. The van der Waals surface area contributed by atoms with Crippen molar-refractivity contribution in [3.63, 3.8) is 0 Å². The van der Waals surface area contributed by atoms with Gasteiger partial charge in [-0.2, -0.15) is 0 Å². The molecule has 0 aliphatic carbocycles. The lowest BCUT2D eigenvalue weighted by molar-refractivity contribution is -0.150. The first-order valence-corrected chi connectivity index (χ1v) is 7.24. The fourth-order valence-corrected chi connectivity index (χ4v) is 2.83. The molecule has 0 radical (unpaired) electrons. The molecule has 1 fully saturated rings. The van der Waals surface area contributed by atoms with E-state index in [1.54, 1.807) is 7.11 Å². The van der Waals surface area contributed by atoms with Crippen LogP contribution in [0.5, 0.6) is 0 Å². The van der Waals surface area contributed by atoms with Crippen LogP contribution in [0.1, 0.15) is 29.7 Å². The normalized spacial score (nSPS) is 18.9. The fourth-order valence-electron chi connectivity index (χ4n) is 2.83. The first-order valence-electron chi connectivity index (χ1n) is 7.24. The predicted octanol–water partition coefficient (Wildman–Crippen LogP) is 3.35. The van der Waals surface area contributed by atoms with Gasteiger partial charge in [-0.1, -0.05) is 60.7 Å². The Morgan fingerprint density at radius 3 is 2.24 bits per heavy atom. The number of methoxy groups -OCH3 is 1. The van der Waals surface area contributed by atoms with Gasteiger partial charge in [-0.05, 0) is 17.5 Å². The predicted molar refractivity (Wildman–Crippen MR) is 81.7 cm³/mol. The Kier molecular flexibility index (Phi) is 4.02. The maximum absolute atomic E-state index is 12.7. The van der Waals surface area contributed by atoms with Gasteiger partial charge in [0.2, 0.25) is 0 Å². The Bertz CT molecular complexity index is 597. The molecule has 2 aromatic rings. The first kappa shape index (κ1) is 13.8. The van der Waals surface area contributed by atoms with Crippen molar-refractivity contribution in [2.24, 2.45) is 0 Å². The molecule has 0 bridgehead atoms. The highest BCUT2D eigenvalue weighted by Gasteiger charge is 2.37. The quantitative estimate of drug-likeness (QED) is 0.860. The number of ether oxygens (including phenoxy) is 1. The summed E-state index contributed by atoms with van der Waals surface area (Å²) in [6, 6.07) is 20.0. The van der Waals surface area contributed by atoms with Crippen LogP contribution < -0.4 is 0 Å². The van der Waals surface area contributed by atoms with Crippen LogP contribution in [0.4, 0.5) is 0 Å². The number of nitrogens with zero attached hydrogens (tertiary/aromatic N) is 1. The van der Waals surface area contributed by atoms with E-state index in [0.717, 1.165) is 18.5 Å². The van der Waals surface area contributed by atoms with Crippen molar-refractivity contribution >= 4 is 5.91 Å². The monoisotopic (exact) mass is 281 g/mol. The molecular formula is C18H19NO2. The van der Waals surface area contributed by atoms with E-state index in [2.05, 4.69) is 12.1 Å². The minimum Gasteiger partial charge on any atom is -0.367 e. The van der Waals surface area contributed by atoms with E-state index < -0.39 is 6.10 Å². The van der Waals surface area contributed by atoms with Gasteiger partial charge in [0.05, 0.1) is 6.04 Å². The van der Waals surface area contributed by atoms with Crippen molar-refractivity contribution in [3.8, 4) is 0 Å². The molecule has 1 amide bonds. The van der Waals surface area contributed by atoms with Gasteiger partial charge in [-0.15, -0.1) is 0 Å². The third-order valence-corrected chi connectivity index (χ3v) is 4.05. The molecule has 1 aliphatic rings. The van der Waals surface area contributed by atoms with Crippen LogP contribution in [0.25, 0.3) is 0 Å². The van der Waals surface area contributed by atoms with E-state index in [1.807, 2.05) is 53.4 Å². The molecule has 1 aliphatic heterocycles. The molecule has 1 unspecified atom stereocenters. The largest absolute Gasteiger partial charge is 0.367 e. The standard InChI is InChI=1S/C18H19NO2/c1-21-17(15-10-6-3-7-11-15)18(20)19-13-12-16(19)14-8-4-2-5-9-14/h2-11,16-17H,12-13H2,1H3/t16?,17-/m1/s1. The van der Waals surface area contributed by atoms with Crippen LogP contribution in [0, 0.1) is 0 Å². The van der Waals surface area contributed by atoms with Crippen LogP contribution in [0.15, 0.2) is 60.7 Å². The van der Waals surface area contributed by atoms with Crippen LogP contribution in [0.2, 0.25) is 0 Å². The van der Waals surface area contributed by atoms with Gasteiger partial charge >= 0.3 is 0 Å². The summed E-state index contributed by atoms with van der Waals surface area (Å²) in [6.07, 6.45) is 0.499. The van der Waals surface area contributed by atoms with E-state index in [9.17, 15) is 4.79 Å². The molecule has 0 saturated carbocycles. The molecule has 0 spiro atoms. The van der Waals surface area contributed by atoms with Crippen molar-refractivity contribution < 1.29 is 9.53 Å². The average molecular weight is 281 g/mol. The number of amides is 1. The Morgan fingerprint density at radius 1 is 1.10 bits per heavy atom. The summed E-state index contributed by atoms with van der Waals surface area (Å²) in [6.45, 7) is 0.797. The number of hydrogen-bond acceptors (Lipinski definition) is 2. The molecule has 0 aromatic heterocycles. The van der Waals surface area contributed by atoms with Crippen LogP contribution in [0.3, 0.4) is 0 Å². The molecule has 3 heteroatoms. The zero-order chi connectivity index (χ0) is 14.7. The third-order valence-electron chi connectivity index (χ3n) is 4.05. The van der Waals surface area contributed by atoms with Gasteiger partial charge in [0.15, 0.2) is 6.10 Å². The Balaban J connectivity index is 1.78. The Hall–Kier alpha value is -2.13. The summed E-state index contributed by atoms with van der Waals surface area (Å²) in [4.78, 5) is 14.7. The number of rotatable bonds is 4. The lowest BCUT2D eigenvalue weighted by Gasteiger charge is -2.42. The summed E-state index contributed by atoms with van der Waals surface area (Å²) in [5.74, 6) is 0.0452. The number of benzene rings is 2. The molecule has 1 saturated heterocycles. The zero-order valence-electron chi connectivity index (χ0n) is 12.1. The lowest BCUT2D eigenvalue weighted by atomic mass is 9.93. The lowest BCUT2D eigenvalue weighted by Crippen LogP contribution is -2.47. The van der Waals surface area contributed by atoms with Crippen molar-refractivity contribution in [2.75, 3.05) is 13.7 Å². The molecular weight excluding hydrogens is 262 g/mol. The van der Waals surface area contributed by atoms with Gasteiger partial charge < -0.3 is 9.64 Å². The van der Waals surface area contributed by atoms with Crippen LogP contribution in [-0.4, -0.2) is 24.5 Å². The van der Waals surface area contributed by atoms with Crippen molar-refractivity contribution in [2.45, 2.75) is 18.6 Å². The second kappa shape index (κ2) is 6.10. The van der Waals surface area contributed by atoms with E-state index in [1.165, 1.54) is 5.56 Å². The maximum Gasteiger partial charge on any atom is 0.256 e. The molecule has 1 heterocycles. The summed E-state index contributed by atoms with van der Waals surface area (Å²) < 4.78 is 5.45. The van der Waals surface area contributed by atoms with Gasteiger partial charge in [0, 0.05) is 13.7 Å². The molecule has 108 valence electrons. The van der Waals surface area contributed by atoms with Crippen molar-refractivity contribution in [3.05, 3.63) is 71.8 Å². The van der Waals surface area contributed by atoms with Gasteiger partial charge in [-0.3, -0.25) is 4.79 Å². The molecule has 2 aromatic carbocycles. The summed E-state index contributed by atoms with van der Waals surface area (Å²) >= 11 is 0. The highest BCUT2D eigenvalue weighted by atomic mass is 16.5. The van der Waals surface area contributed by atoms with Gasteiger partial charge in [0.25, 0.3) is 5.91 Å². The minimum absolute atomic E-state index is 0.0452. The third kappa shape index (κ3) is 2.69. The first-order chi connectivity index (χ1) is 10.3. The number of carbonyl (C=O) groups is 1. The number of likely N-dealkylation sites (tertiary alicyclic amines) is 1. The van der Waals surface area contributed by atoms with Gasteiger partial charge in [0.1, 0.15) is 0 Å². The topological polar surface area (TPSA) is 29.5 Å². The SMILES string of the molecule is CO[C@@H](C(=O)N1CCC1c1ccccc1)c1ccccc1. The van der Waals surface area contributed by atoms with E-state index in [-0.39, 0.29) is 11.9 Å². The fraction of sp³-hybridized carbons (Fsp3) is 0.278. The van der Waals surface area contributed by atoms with Crippen molar-refractivity contribution in [1.82, 2.24) is 4.90 Å². The smallest absolute Gasteiger partial charge is 0.256 e. The second-order valence-electron chi connectivity index (χ2n) is 5.27.